The summed E-state index contributed by atoms with van der Waals surface area (Å²) >= 11 is 0. The van der Waals surface area contributed by atoms with Crippen molar-refractivity contribution in [1.29, 1.82) is 0 Å². The summed E-state index contributed by atoms with van der Waals surface area (Å²) in [5.74, 6) is 2.41. The number of terminal acetylenes is 1. The number of methoxy groups -OCH3 is 4. The normalized spacial score (nSPS) is 34.6. The zero-order chi connectivity index (χ0) is 36.5. The van der Waals surface area contributed by atoms with E-state index >= 15 is 0 Å². The van der Waals surface area contributed by atoms with Crippen molar-refractivity contribution in [3.8, 4) is 12.3 Å². The molecule has 5 rings (SSSR count). The van der Waals surface area contributed by atoms with Gasteiger partial charge in [-0.3, -0.25) is 0 Å². The molecule has 4 unspecified atom stereocenters. The van der Waals surface area contributed by atoms with Gasteiger partial charge in [0.05, 0.1) is 69.6 Å². The molecule has 4 saturated heterocycles. The summed E-state index contributed by atoms with van der Waals surface area (Å²) in [7, 11) is 29.3. The first-order valence-corrected chi connectivity index (χ1v) is 16.4. The van der Waals surface area contributed by atoms with E-state index in [0.29, 0.717) is 58.7 Å². The van der Waals surface area contributed by atoms with Crippen molar-refractivity contribution in [3.05, 3.63) is 22.3 Å². The van der Waals surface area contributed by atoms with Crippen LogP contribution in [0, 0.1) is 12.3 Å². The van der Waals surface area contributed by atoms with Gasteiger partial charge >= 0.3 is 0 Å². The molecule has 1 aromatic rings. The lowest BCUT2D eigenvalue weighted by atomic mass is 9.96. The molecule has 16 nitrogen and oxygen atoms in total. The van der Waals surface area contributed by atoms with Crippen molar-refractivity contribution in [2.45, 2.75) is 112 Å². The van der Waals surface area contributed by atoms with Crippen LogP contribution in [0.2, 0.25) is 0 Å². The van der Waals surface area contributed by atoms with Crippen LogP contribution in [0.1, 0.15) is 31.4 Å². The molecule has 268 valence electrons. The Labute approximate surface area is 299 Å². The maximum atomic E-state index is 8.08. The predicted molar refractivity (Wildman–Crippen MR) is 183 cm³/mol. The maximum absolute atomic E-state index is 8.08. The molecule has 0 spiro atoms. The van der Waals surface area contributed by atoms with E-state index in [2.05, 4.69) is 26.3 Å². The van der Waals surface area contributed by atoms with Crippen LogP contribution in [0.4, 0.5) is 0 Å². The standard InChI is InChI=1S/C15H23B2N3O5.C9H13BO3.C6H10BN3O2/c1-21-8-13-11(4-15(17)25-13)23-7-9-5-20(19-18-9)6-12-10(22-2)3-14(16)24-12;1-3-4-12-7-5-9(10)13-8(7)6-11-2;1-11-4-2-6(7)12-5(4)3-9-10-8/h5,10-15H,3-4,6-8H2,1-2H3;1,7-9H,4-6H2,2H3;4-6H,2-3H2,1H3/t10?,11?,12-,13-,14-,15-;7?,8-,9-;4?,5-,6-/m111/s1. The van der Waals surface area contributed by atoms with Gasteiger partial charge in [0.2, 0.25) is 0 Å². The second-order valence-corrected chi connectivity index (χ2v) is 12.0. The SMILES string of the molecule is [B][C@H]1CC(OC)[C@@H](CN=[N+]=[N-])O1.[B][C@H]1CC(OC)[C@@H](Cn2cc(COC3C[C@H]([B])O[C@@H]3COC)nn2)O1.[B][C@H]1CC(OCC#C)[C@@H](COC)O1. The zero-order valence-corrected chi connectivity index (χ0v) is 29.2. The number of aromatic nitrogens is 3. The molecule has 20 heteroatoms. The van der Waals surface area contributed by atoms with Crippen molar-refractivity contribution < 1.29 is 47.4 Å². The zero-order valence-electron chi connectivity index (χ0n) is 29.2. The minimum Gasteiger partial charge on any atom is -0.382 e. The van der Waals surface area contributed by atoms with E-state index < -0.39 is 0 Å². The first-order valence-electron chi connectivity index (χ1n) is 16.4. The lowest BCUT2D eigenvalue weighted by Crippen LogP contribution is -2.29. The highest BCUT2D eigenvalue weighted by molar-refractivity contribution is 6.11. The minimum absolute atomic E-state index is 0.0361. The van der Waals surface area contributed by atoms with Crippen molar-refractivity contribution in [1.82, 2.24) is 15.0 Å². The second-order valence-electron chi connectivity index (χ2n) is 12.0. The van der Waals surface area contributed by atoms with Crippen LogP contribution in [-0.4, -0.2) is 174 Å². The van der Waals surface area contributed by atoms with E-state index in [0.717, 1.165) is 5.69 Å². The molecule has 4 aliphatic rings. The Morgan fingerprint density at radius 2 is 1.32 bits per heavy atom. The Balaban J connectivity index is 0.000000227. The fraction of sp³-hybridized carbons (Fsp3) is 0.867. The summed E-state index contributed by atoms with van der Waals surface area (Å²) in [4.78, 5) is 2.64. The number of azide groups is 1. The summed E-state index contributed by atoms with van der Waals surface area (Å²) in [6, 6.07) is -1.18. The van der Waals surface area contributed by atoms with Crippen LogP contribution >= 0.6 is 0 Å². The number of ether oxygens (including phenoxy) is 10. The molecule has 0 aromatic carbocycles. The number of rotatable bonds is 15. The quantitative estimate of drug-likeness (QED) is 0.0788. The molecule has 12 atom stereocenters. The molecule has 50 heavy (non-hydrogen) atoms. The molecule has 0 amide bonds. The third-order valence-electron chi connectivity index (χ3n) is 8.29. The summed E-state index contributed by atoms with van der Waals surface area (Å²) < 4.78 is 55.5. The van der Waals surface area contributed by atoms with E-state index in [9.17, 15) is 0 Å². The van der Waals surface area contributed by atoms with Gasteiger partial charge < -0.3 is 47.4 Å². The Kier molecular flexibility index (Phi) is 19.2. The molecular formula is C30H46B4N6O10. The van der Waals surface area contributed by atoms with E-state index in [-0.39, 0.29) is 79.4 Å². The Morgan fingerprint density at radius 3 is 1.84 bits per heavy atom. The summed E-state index contributed by atoms with van der Waals surface area (Å²) in [5, 5.41) is 11.7. The van der Waals surface area contributed by atoms with E-state index in [1.807, 2.05) is 6.20 Å². The molecule has 0 saturated carbocycles. The van der Waals surface area contributed by atoms with Crippen LogP contribution in [0.25, 0.3) is 10.4 Å². The Bertz CT molecular complexity index is 1200. The van der Waals surface area contributed by atoms with Crippen LogP contribution in [0.15, 0.2) is 11.3 Å². The van der Waals surface area contributed by atoms with Crippen molar-refractivity contribution >= 4 is 31.4 Å². The molecule has 4 aliphatic heterocycles. The second kappa shape index (κ2) is 22.7. The average molecular weight is 694 g/mol. The van der Waals surface area contributed by atoms with Gasteiger partial charge in [0.15, 0.2) is 0 Å². The lowest BCUT2D eigenvalue weighted by molar-refractivity contribution is -0.0522. The van der Waals surface area contributed by atoms with Gasteiger partial charge in [-0.25, -0.2) is 4.68 Å². The van der Waals surface area contributed by atoms with E-state index in [1.54, 1.807) is 33.1 Å². The number of hydrogen-bond donors (Lipinski definition) is 0. The molecule has 1 aromatic heterocycles. The van der Waals surface area contributed by atoms with Crippen LogP contribution in [-0.2, 0) is 60.5 Å². The van der Waals surface area contributed by atoms with Crippen LogP contribution < -0.4 is 0 Å². The summed E-state index contributed by atoms with van der Waals surface area (Å²) in [5.41, 5.74) is 8.81. The molecule has 8 radical (unpaired) electrons. The maximum Gasteiger partial charge on any atom is 0.109 e. The van der Waals surface area contributed by atoms with Crippen molar-refractivity contribution in [2.24, 2.45) is 5.11 Å². The first kappa shape index (κ1) is 42.3. The fourth-order valence-corrected chi connectivity index (χ4v) is 5.93. The topological polar surface area (TPSA) is 172 Å². The summed E-state index contributed by atoms with van der Waals surface area (Å²) in [6.45, 7) is 2.37. The highest BCUT2D eigenvalue weighted by atomic mass is 16.6. The molecule has 0 bridgehead atoms. The lowest BCUT2D eigenvalue weighted by Gasteiger charge is -2.17. The van der Waals surface area contributed by atoms with Gasteiger partial charge in [-0.2, -0.15) is 0 Å². The van der Waals surface area contributed by atoms with E-state index in [1.165, 1.54) is 0 Å². The predicted octanol–water partition coefficient (Wildman–Crippen LogP) is -0.0784. The highest BCUT2D eigenvalue weighted by Gasteiger charge is 2.36. The Morgan fingerprint density at radius 1 is 0.820 bits per heavy atom. The van der Waals surface area contributed by atoms with Gasteiger partial charge in [0, 0.05) is 57.4 Å². The molecule has 0 N–H and O–H groups in total. The van der Waals surface area contributed by atoms with Gasteiger partial charge in [-0.05, 0) is 31.2 Å². The van der Waals surface area contributed by atoms with E-state index in [4.69, 9.17) is 90.7 Å². The molecule has 4 fully saturated rings. The molecule has 0 aliphatic carbocycles. The highest BCUT2D eigenvalue weighted by Crippen LogP contribution is 2.25. The van der Waals surface area contributed by atoms with Crippen LogP contribution in [0.5, 0.6) is 0 Å². The first-order chi connectivity index (χ1) is 24.1. The largest absolute Gasteiger partial charge is 0.382 e. The Hall–Kier alpha value is -2.13. The van der Waals surface area contributed by atoms with Crippen molar-refractivity contribution in [2.75, 3.05) is 54.8 Å². The summed E-state index contributed by atoms with van der Waals surface area (Å²) in [6.07, 6.45) is 8.73. The van der Waals surface area contributed by atoms with Gasteiger partial charge in [-0.15, -0.1) is 11.5 Å². The van der Waals surface area contributed by atoms with Crippen LogP contribution in [0.3, 0.4) is 0 Å². The third-order valence-corrected chi connectivity index (χ3v) is 8.29. The smallest absolute Gasteiger partial charge is 0.109 e. The average Bonchev–Trinajstić information content (AvgIpc) is 3.92. The third kappa shape index (κ3) is 13.8. The van der Waals surface area contributed by atoms with Gasteiger partial charge in [-0.1, -0.05) is 16.2 Å². The molecular weight excluding hydrogens is 648 g/mol. The van der Waals surface area contributed by atoms with Gasteiger partial charge in [0.25, 0.3) is 0 Å². The van der Waals surface area contributed by atoms with Gasteiger partial charge in [0.1, 0.15) is 62.0 Å². The molecule has 5 heterocycles. The van der Waals surface area contributed by atoms with Crippen molar-refractivity contribution in [3.63, 3.8) is 0 Å². The monoisotopic (exact) mass is 694 g/mol. The number of hydrogen-bond acceptors (Lipinski definition) is 13. The minimum atomic E-state index is -0.324. The number of nitrogens with zero attached hydrogens (tertiary/aromatic N) is 6. The fourth-order valence-electron chi connectivity index (χ4n) is 5.93.